The number of ketones is 4. The lowest BCUT2D eigenvalue weighted by Gasteiger charge is -2.36. The van der Waals surface area contributed by atoms with Gasteiger partial charge in [0.25, 0.3) is 0 Å². The minimum absolute atomic E-state index is 0.00180. The van der Waals surface area contributed by atoms with Crippen LogP contribution >= 0.6 is 45.3 Å². The number of carbonyl (C=O) groups excluding carboxylic acids is 8. The molecule has 800 valence electrons. The molecule has 0 aliphatic carbocycles. The highest BCUT2D eigenvalue weighted by Gasteiger charge is 2.58. The molecule has 4 N–H and O–H groups in total. The predicted octanol–water partition coefficient (Wildman–Crippen LogP) is 26.6. The smallest absolute Gasteiger partial charge is 0.309 e. The third-order valence-corrected chi connectivity index (χ3v) is 38.5. The molecule has 0 bridgehead atoms. The Morgan fingerprint density at radius 1 is 0.375 bits per heavy atom. The molecule has 6 aromatic rings. The molecule has 10 heterocycles. The van der Waals surface area contributed by atoms with E-state index in [0.717, 1.165) is 151 Å². The van der Waals surface area contributed by atoms with Crippen LogP contribution in [0.4, 0.5) is 0 Å². The summed E-state index contributed by atoms with van der Waals surface area (Å²) >= 11 is 6.43. The Morgan fingerprint density at radius 2 is 0.681 bits per heavy atom. The van der Waals surface area contributed by atoms with Crippen LogP contribution in [0, 0.1) is 120 Å². The third kappa shape index (κ3) is 30.2. The Labute approximate surface area is 877 Å². The molecule has 4 aromatic heterocycles. The minimum Gasteiger partial charge on any atom is -0.455 e. The van der Waals surface area contributed by atoms with Crippen LogP contribution in [-0.4, -0.2) is 146 Å². The van der Waals surface area contributed by atoms with Gasteiger partial charge in [0.15, 0.2) is 0 Å². The van der Waals surface area contributed by atoms with Crippen molar-refractivity contribution in [3.63, 3.8) is 0 Å². The van der Waals surface area contributed by atoms with Crippen molar-refractivity contribution in [1.82, 2.24) is 19.9 Å². The normalized spacial score (nSPS) is 35.7. The first-order valence-electron chi connectivity index (χ1n) is 53.1. The van der Waals surface area contributed by atoms with E-state index in [4.69, 9.17) is 28.4 Å². The van der Waals surface area contributed by atoms with Gasteiger partial charge in [-0.15, -0.1) is 45.3 Å². The quantitative estimate of drug-likeness (QED) is 0.0521. The first kappa shape index (κ1) is 120. The van der Waals surface area contributed by atoms with Crippen molar-refractivity contribution >= 4 is 125 Å². The molecule has 0 radical (unpaired) electrons. The Kier molecular flexibility index (Phi) is 40.8. The molecule has 24 unspecified atom stereocenters. The van der Waals surface area contributed by atoms with E-state index in [1.54, 1.807) is 101 Å². The molecule has 0 spiro atoms. The Hall–Kier alpha value is -7.24. The van der Waals surface area contributed by atoms with Gasteiger partial charge in [0.1, 0.15) is 45.5 Å². The van der Waals surface area contributed by atoms with Gasteiger partial charge < -0.3 is 48.8 Å². The van der Waals surface area contributed by atoms with Gasteiger partial charge in [0.05, 0.1) is 147 Å². The lowest BCUT2D eigenvalue weighted by atomic mass is 9.70. The number of thiazole rings is 4. The van der Waals surface area contributed by atoms with Crippen LogP contribution in [0.15, 0.2) is 81.6 Å². The van der Waals surface area contributed by atoms with Crippen LogP contribution in [-0.2, 0) is 78.0 Å². The fourth-order valence-electron chi connectivity index (χ4n) is 21.3. The summed E-state index contributed by atoms with van der Waals surface area (Å²) in [5.74, 6) is -0.651. The van der Waals surface area contributed by atoms with E-state index in [1.807, 2.05) is 156 Å². The summed E-state index contributed by atoms with van der Waals surface area (Å²) in [4.78, 5) is 125. The van der Waals surface area contributed by atoms with Crippen LogP contribution in [0.3, 0.4) is 0 Å². The first-order chi connectivity index (χ1) is 66.7. The Bertz CT molecular complexity index is 5610. The van der Waals surface area contributed by atoms with E-state index in [0.29, 0.717) is 49.4 Å². The van der Waals surface area contributed by atoms with Crippen molar-refractivity contribution < 1.29 is 87.2 Å². The third-order valence-electron chi connectivity index (χ3n) is 35.0. The summed E-state index contributed by atoms with van der Waals surface area (Å²) in [6, 6.07) is 12.1. The second kappa shape index (κ2) is 48.8. The number of aryl methyl sites for hydroxylation is 4. The summed E-state index contributed by atoms with van der Waals surface area (Å²) < 4.78 is 39.0. The SMILES string of the molecule is C/C(=C\c1csc(C)n1)C1(C)CC2OC2(C)CCCC(C)C(C)C(C)C(=O)C(C)(C)C(O)CC(=O)O1.C/C1=C/CC(C)(/C(C)=C/c2csc(C)n2)OC(=O)CC(O)C(C)(C)C(=O)C(C)C(C)C(C)CCC1.C/C1=C/CC(C)(c2ccc3sc(C)nc3c2)OC(=O)CC(O)C(C)(C)C(=O)C(C)C(C)C(C)CCC1.Cc1nc2cc(C3(C)CC4OC4(C)CCCC(C)C(C)C(C)C(=O)C(C)(C)C(O)CC(=O)O3)ccc2s1. The predicted molar refractivity (Wildman–Crippen MR) is 581 cm³/mol. The molecule has 144 heavy (non-hydrogen) atoms. The number of allylic oxidation sites excluding steroid dienone is 2. The van der Waals surface area contributed by atoms with Gasteiger partial charge in [-0.3, -0.25) is 38.4 Å². The first-order valence-corrected chi connectivity index (χ1v) is 56.5. The zero-order chi connectivity index (χ0) is 108. The second-order valence-corrected chi connectivity index (χ2v) is 52.5. The maximum absolute atomic E-state index is 13.5. The average Bonchev–Trinajstić information content (AvgIpc) is 1.60. The molecule has 6 aliphatic rings. The molecule has 26 heteroatoms. The number of aliphatic hydroxyl groups excluding tert-OH is 4. The Morgan fingerprint density at radius 3 is 1.03 bits per heavy atom. The van der Waals surface area contributed by atoms with E-state index in [9.17, 15) is 58.8 Å². The number of hydrogen-bond acceptors (Lipinski definition) is 26. The molecule has 2 aromatic carbocycles. The summed E-state index contributed by atoms with van der Waals surface area (Å²) in [6.07, 6.45) is 16.9. The number of hydrogen-bond donors (Lipinski definition) is 4. The molecule has 0 amide bonds. The van der Waals surface area contributed by atoms with Gasteiger partial charge in [-0.05, 0) is 241 Å². The number of rotatable bonds is 6. The number of esters is 4. The monoisotopic (exact) mass is 2070 g/mol. The number of epoxide rings is 2. The summed E-state index contributed by atoms with van der Waals surface area (Å²) in [6.45, 7) is 67.1. The minimum atomic E-state index is -1.14. The highest BCUT2D eigenvalue weighted by atomic mass is 32.1. The fraction of sp³-hybridized carbons (Fsp3) is 0.695. The number of aliphatic hydroxyl groups is 4. The van der Waals surface area contributed by atoms with Crippen molar-refractivity contribution in [2.45, 2.75) is 434 Å². The van der Waals surface area contributed by atoms with Crippen molar-refractivity contribution in [3.05, 3.63) is 124 Å². The van der Waals surface area contributed by atoms with Gasteiger partial charge in [-0.1, -0.05) is 212 Å². The topological polar surface area (TPSA) is 331 Å². The molecular formula is C118H176N4O18S4. The van der Waals surface area contributed by atoms with Crippen LogP contribution in [0.5, 0.6) is 0 Å². The standard InChI is InChI=1S/C30H43NO5S.C30H43NO4S.C29H45NO5S.C29H45NO4S/c1-17-10-9-13-29(7)25(35-29)16-30(8,21-11-12-23-22(14-21)31-20(4)37-23)36-26(33)15-24(32)28(5,6)27(34)19(3)18(17)2;1-18-10-9-11-19(2)20(3)21(4)28(34)29(6,7)26(32)17-27(33)35-30(8,15-14-18)23-12-13-25-24(16-23)31-22(5)36-25;1-17-11-10-12-28(8)24(34-28)15-29(9,18(2)13-22-16-36-21(5)30-22)35-25(32)14-23(31)27(6,7)26(33)20(4)19(17)3;1-18-11-10-12-19(2)21(4)22(5)27(33)28(7,8)25(31)16-26(32)34-29(9,14-13-18)20(3)15-24-17-35-23(6)30-24/h11-12,14,17-19,24-25,32H,9-10,13,15-16H2,1-8H3;12-14,16,19-21,26,32H,9-11,15,17H2,1-8H3;13,16-17,19-20,23-24,31H,10-12,14-15H2,1-9H3;13,15,17,19,21-22,25,31H,10-12,14,16H2,1-9H3/b;18-14-;18-13+;18-13-,20-15+. The Balaban J connectivity index is 0.000000214. The second-order valence-electron chi connectivity index (χ2n) is 47.9. The van der Waals surface area contributed by atoms with Gasteiger partial charge >= 0.3 is 23.9 Å². The van der Waals surface area contributed by atoms with Crippen molar-refractivity contribution in [1.29, 1.82) is 0 Å². The molecule has 4 fully saturated rings. The molecule has 0 saturated carbocycles. The van der Waals surface area contributed by atoms with Gasteiger partial charge in [0.2, 0.25) is 0 Å². The molecular weight excluding hydrogens is 1890 g/mol. The summed E-state index contributed by atoms with van der Waals surface area (Å²) in [5, 5.41) is 52.1. The number of Topliss-reactive ketones (excluding diaryl/α,β-unsaturated/α-hetero) is 4. The van der Waals surface area contributed by atoms with E-state index >= 15 is 0 Å². The zero-order valence-electron chi connectivity index (χ0n) is 93.4. The number of benzene rings is 2. The molecule has 6 aliphatic heterocycles. The van der Waals surface area contributed by atoms with Crippen LogP contribution in [0.25, 0.3) is 32.6 Å². The highest BCUT2D eigenvalue weighted by molar-refractivity contribution is 7.18. The van der Waals surface area contributed by atoms with Crippen molar-refractivity contribution in [2.75, 3.05) is 0 Å². The van der Waals surface area contributed by atoms with Crippen LogP contribution < -0.4 is 0 Å². The summed E-state index contributed by atoms with van der Waals surface area (Å²) in [5.41, 5.74) is 1.12. The lowest BCUT2D eigenvalue weighted by Crippen LogP contribution is -2.44. The maximum Gasteiger partial charge on any atom is 0.309 e. The molecule has 12 rings (SSSR count). The van der Waals surface area contributed by atoms with Crippen LogP contribution in [0.1, 0.15) is 379 Å². The number of carbonyl (C=O) groups is 8. The van der Waals surface area contributed by atoms with Crippen molar-refractivity contribution in [2.24, 2.45) is 92.7 Å². The van der Waals surface area contributed by atoms with E-state index < -0.39 is 92.4 Å². The lowest BCUT2D eigenvalue weighted by molar-refractivity contribution is -0.166. The number of nitrogens with zero attached hydrogens (tertiary/aromatic N) is 4. The van der Waals surface area contributed by atoms with Gasteiger partial charge in [0, 0.05) is 60.1 Å². The van der Waals surface area contributed by atoms with Gasteiger partial charge in [-0.25, -0.2) is 19.9 Å². The number of aromatic nitrogens is 4. The molecule has 4 saturated heterocycles. The number of cyclic esters (lactones) is 4. The average molecular weight is 2070 g/mol. The summed E-state index contributed by atoms with van der Waals surface area (Å²) in [7, 11) is 0. The largest absolute Gasteiger partial charge is 0.455 e. The molecule has 24 atom stereocenters. The maximum atomic E-state index is 13.5. The molecule has 22 nitrogen and oxygen atoms in total. The van der Waals surface area contributed by atoms with E-state index in [1.165, 1.54) is 11.1 Å². The number of ether oxygens (including phenoxy) is 6. The number of fused-ring (bicyclic) bond motifs is 4. The van der Waals surface area contributed by atoms with E-state index in [2.05, 4.69) is 115 Å². The fourth-order valence-corrected chi connectivity index (χ4v) is 24.1. The van der Waals surface area contributed by atoms with Crippen LogP contribution in [0.2, 0.25) is 0 Å². The van der Waals surface area contributed by atoms with Crippen molar-refractivity contribution in [3.8, 4) is 0 Å². The van der Waals surface area contributed by atoms with E-state index in [-0.39, 0.29) is 120 Å². The zero-order valence-corrected chi connectivity index (χ0v) is 96.7. The highest BCUT2D eigenvalue weighted by Crippen LogP contribution is 2.52. The van der Waals surface area contributed by atoms with Gasteiger partial charge in [-0.2, -0.15) is 0 Å².